The van der Waals surface area contributed by atoms with Crippen LogP contribution in [0.1, 0.15) is 41.2 Å². The van der Waals surface area contributed by atoms with Gasteiger partial charge in [0, 0.05) is 11.4 Å². The van der Waals surface area contributed by atoms with E-state index in [1.165, 1.54) is 11.3 Å². The molecule has 0 aliphatic heterocycles. The summed E-state index contributed by atoms with van der Waals surface area (Å²) in [6, 6.07) is 3.73. The van der Waals surface area contributed by atoms with Gasteiger partial charge in [0.05, 0.1) is 10.5 Å². The van der Waals surface area contributed by atoms with Gasteiger partial charge in [0.15, 0.2) is 0 Å². The lowest BCUT2D eigenvalue weighted by atomic mass is 9.98. The Bertz CT molecular complexity index is 356. The van der Waals surface area contributed by atoms with Crippen LogP contribution in [0.2, 0.25) is 0 Å². The monoisotopic (exact) mass is 241 g/mol. The number of aryl methyl sites for hydroxylation is 1. The van der Waals surface area contributed by atoms with Gasteiger partial charge in [0.1, 0.15) is 0 Å². The second-order valence-electron chi connectivity index (χ2n) is 4.02. The summed E-state index contributed by atoms with van der Waals surface area (Å²) in [4.78, 5) is 13.5. The van der Waals surface area contributed by atoms with E-state index in [1.807, 2.05) is 32.9 Å². The molecule has 0 bridgehead atoms. The van der Waals surface area contributed by atoms with Crippen molar-refractivity contribution in [3.05, 3.63) is 21.9 Å². The summed E-state index contributed by atoms with van der Waals surface area (Å²) >= 11 is 1.47. The second-order valence-corrected chi connectivity index (χ2v) is 5.31. The topological polar surface area (TPSA) is 49.3 Å². The van der Waals surface area contributed by atoms with Gasteiger partial charge in [-0.1, -0.05) is 13.8 Å². The Morgan fingerprint density at radius 3 is 2.50 bits per heavy atom. The lowest BCUT2D eigenvalue weighted by molar-refractivity contribution is 0.0314. The first kappa shape index (κ1) is 13.2. The molecular formula is C12H19NO2S. The second kappa shape index (κ2) is 5.46. The Morgan fingerprint density at radius 2 is 2.06 bits per heavy atom. The first-order valence-electron chi connectivity index (χ1n) is 5.58. The molecule has 16 heavy (non-hydrogen) atoms. The van der Waals surface area contributed by atoms with E-state index >= 15 is 0 Å². The summed E-state index contributed by atoms with van der Waals surface area (Å²) in [5.74, 6) is -0.0987. The van der Waals surface area contributed by atoms with Crippen molar-refractivity contribution in [1.29, 1.82) is 0 Å². The minimum absolute atomic E-state index is 0.0987. The van der Waals surface area contributed by atoms with Crippen molar-refractivity contribution in [3.8, 4) is 0 Å². The quantitative estimate of drug-likeness (QED) is 0.831. The van der Waals surface area contributed by atoms with Crippen LogP contribution in [0.5, 0.6) is 0 Å². The highest BCUT2D eigenvalue weighted by Gasteiger charge is 2.23. The minimum atomic E-state index is -0.776. The van der Waals surface area contributed by atoms with E-state index in [0.29, 0.717) is 24.3 Å². The van der Waals surface area contributed by atoms with Crippen LogP contribution in [-0.4, -0.2) is 23.2 Å². The van der Waals surface area contributed by atoms with Crippen LogP contribution in [0, 0.1) is 6.92 Å². The molecule has 90 valence electrons. The fourth-order valence-corrected chi connectivity index (χ4v) is 2.17. The molecule has 2 N–H and O–H groups in total. The Morgan fingerprint density at radius 1 is 1.44 bits per heavy atom. The zero-order valence-corrected chi connectivity index (χ0v) is 10.9. The average Bonchev–Trinajstić information content (AvgIpc) is 2.72. The van der Waals surface area contributed by atoms with Crippen LogP contribution < -0.4 is 5.32 Å². The summed E-state index contributed by atoms with van der Waals surface area (Å²) in [7, 11) is 0. The van der Waals surface area contributed by atoms with Crippen LogP contribution in [0.15, 0.2) is 12.1 Å². The van der Waals surface area contributed by atoms with E-state index in [2.05, 4.69) is 5.32 Å². The van der Waals surface area contributed by atoms with Crippen molar-refractivity contribution in [2.45, 2.75) is 39.2 Å². The summed E-state index contributed by atoms with van der Waals surface area (Å²) in [6.07, 6.45) is 1.29. The van der Waals surface area contributed by atoms with E-state index in [4.69, 9.17) is 0 Å². The molecule has 0 spiro atoms. The molecular weight excluding hydrogens is 222 g/mol. The zero-order chi connectivity index (χ0) is 12.2. The van der Waals surface area contributed by atoms with Crippen LogP contribution in [0.3, 0.4) is 0 Å². The number of hydrogen-bond donors (Lipinski definition) is 2. The number of rotatable bonds is 5. The predicted molar refractivity (Wildman–Crippen MR) is 66.9 cm³/mol. The van der Waals surface area contributed by atoms with Crippen molar-refractivity contribution in [2.24, 2.45) is 0 Å². The number of carbonyl (C=O) groups excluding carboxylic acids is 1. The molecule has 1 aromatic rings. The van der Waals surface area contributed by atoms with Crippen molar-refractivity contribution >= 4 is 17.2 Å². The third kappa shape index (κ3) is 3.32. The van der Waals surface area contributed by atoms with Crippen molar-refractivity contribution in [3.63, 3.8) is 0 Å². The summed E-state index contributed by atoms with van der Waals surface area (Å²) in [6.45, 7) is 6.13. The number of nitrogens with one attached hydrogen (secondary N) is 1. The molecule has 0 unspecified atom stereocenters. The highest BCUT2D eigenvalue weighted by Crippen LogP contribution is 2.16. The Labute approximate surface area is 100 Å². The highest BCUT2D eigenvalue weighted by molar-refractivity contribution is 7.13. The number of hydrogen-bond acceptors (Lipinski definition) is 3. The normalized spacial score (nSPS) is 11.5. The van der Waals surface area contributed by atoms with Gasteiger partial charge in [-0.3, -0.25) is 4.79 Å². The Hall–Kier alpha value is -0.870. The molecule has 0 atom stereocenters. The lowest BCUT2D eigenvalue weighted by Crippen LogP contribution is -2.41. The molecule has 1 rings (SSSR count). The van der Waals surface area contributed by atoms with Gasteiger partial charge >= 0.3 is 0 Å². The van der Waals surface area contributed by atoms with Crippen LogP contribution in [0.25, 0.3) is 0 Å². The first-order valence-corrected chi connectivity index (χ1v) is 6.39. The van der Waals surface area contributed by atoms with Crippen LogP contribution in [-0.2, 0) is 0 Å². The fourth-order valence-electron chi connectivity index (χ4n) is 1.39. The third-order valence-electron chi connectivity index (χ3n) is 2.86. The maximum Gasteiger partial charge on any atom is 0.261 e. The maximum absolute atomic E-state index is 11.7. The molecule has 0 aromatic carbocycles. The highest BCUT2D eigenvalue weighted by atomic mass is 32.1. The molecule has 0 aliphatic carbocycles. The van der Waals surface area contributed by atoms with E-state index in [9.17, 15) is 9.90 Å². The number of amides is 1. The number of thiophene rings is 1. The van der Waals surface area contributed by atoms with E-state index in [1.54, 1.807) is 0 Å². The fraction of sp³-hybridized carbons (Fsp3) is 0.583. The van der Waals surface area contributed by atoms with Gasteiger partial charge in [0.2, 0.25) is 0 Å². The van der Waals surface area contributed by atoms with Crippen molar-refractivity contribution < 1.29 is 9.90 Å². The number of carbonyl (C=O) groups is 1. The molecule has 0 radical (unpaired) electrons. The van der Waals surface area contributed by atoms with Gasteiger partial charge in [-0.25, -0.2) is 0 Å². The third-order valence-corrected chi connectivity index (χ3v) is 3.86. The van der Waals surface area contributed by atoms with E-state index < -0.39 is 5.60 Å². The molecule has 1 heterocycles. The zero-order valence-electron chi connectivity index (χ0n) is 10.0. The van der Waals surface area contributed by atoms with Crippen LogP contribution in [0.4, 0.5) is 0 Å². The summed E-state index contributed by atoms with van der Waals surface area (Å²) < 4.78 is 0. The molecule has 0 saturated carbocycles. The molecule has 0 saturated heterocycles. The molecule has 4 heteroatoms. The van der Waals surface area contributed by atoms with Gasteiger partial charge in [-0.05, 0) is 31.9 Å². The Balaban J connectivity index is 2.53. The average molecular weight is 241 g/mol. The van der Waals surface area contributed by atoms with Crippen molar-refractivity contribution in [2.75, 3.05) is 6.54 Å². The van der Waals surface area contributed by atoms with E-state index in [-0.39, 0.29) is 5.91 Å². The maximum atomic E-state index is 11.7. The van der Waals surface area contributed by atoms with Crippen molar-refractivity contribution in [1.82, 2.24) is 5.32 Å². The molecule has 3 nitrogen and oxygen atoms in total. The smallest absolute Gasteiger partial charge is 0.261 e. The van der Waals surface area contributed by atoms with E-state index in [0.717, 1.165) is 4.88 Å². The first-order chi connectivity index (χ1) is 7.50. The molecule has 0 aliphatic rings. The van der Waals surface area contributed by atoms with Gasteiger partial charge < -0.3 is 10.4 Å². The van der Waals surface area contributed by atoms with Gasteiger partial charge in [-0.2, -0.15) is 0 Å². The standard InChI is InChI=1S/C12H19NO2S/c1-4-12(15,5-2)8-13-11(14)10-7-6-9(3)16-10/h6-7,15H,4-5,8H2,1-3H3,(H,13,14). The minimum Gasteiger partial charge on any atom is -0.388 e. The van der Waals surface area contributed by atoms with Gasteiger partial charge in [0.25, 0.3) is 5.91 Å². The molecule has 1 amide bonds. The predicted octanol–water partition coefficient (Wildman–Crippen LogP) is 2.34. The number of aliphatic hydroxyl groups is 1. The Kier molecular flexibility index (Phi) is 4.50. The summed E-state index contributed by atoms with van der Waals surface area (Å²) in [5.41, 5.74) is -0.776. The molecule has 1 aromatic heterocycles. The van der Waals surface area contributed by atoms with Crippen LogP contribution >= 0.6 is 11.3 Å². The lowest BCUT2D eigenvalue weighted by Gasteiger charge is -2.25. The summed E-state index contributed by atoms with van der Waals surface area (Å²) in [5, 5.41) is 12.8. The van der Waals surface area contributed by atoms with Gasteiger partial charge in [-0.15, -0.1) is 11.3 Å². The molecule has 0 fully saturated rings. The SMILES string of the molecule is CCC(O)(CC)CNC(=O)c1ccc(C)s1. The largest absolute Gasteiger partial charge is 0.388 e.